The van der Waals surface area contributed by atoms with E-state index in [1.165, 1.54) is 0 Å². The first-order valence-electron chi connectivity index (χ1n) is 7.13. The molecule has 1 fully saturated rings. The summed E-state index contributed by atoms with van der Waals surface area (Å²) in [4.78, 5) is 26.2. The lowest BCUT2D eigenvalue weighted by molar-refractivity contribution is -0.165. The summed E-state index contributed by atoms with van der Waals surface area (Å²) < 4.78 is 10.2. The zero-order valence-corrected chi connectivity index (χ0v) is 12.2. The summed E-state index contributed by atoms with van der Waals surface area (Å²) >= 11 is 0. The quantitative estimate of drug-likeness (QED) is 0.687. The maximum atomic E-state index is 12.2. The van der Waals surface area contributed by atoms with E-state index >= 15 is 0 Å². The molecule has 0 saturated carbocycles. The van der Waals surface area contributed by atoms with E-state index in [2.05, 4.69) is 11.8 Å². The largest absolute Gasteiger partial charge is 0.466 e. The Morgan fingerprint density at radius 3 is 2.11 bits per heavy atom. The normalized spacial score (nSPS) is 18.9. The van der Waals surface area contributed by atoms with Crippen LogP contribution < -0.4 is 0 Å². The van der Waals surface area contributed by atoms with Crippen molar-refractivity contribution in [3.63, 3.8) is 0 Å². The number of esters is 2. The minimum atomic E-state index is -0.687. The van der Waals surface area contributed by atoms with Gasteiger partial charge >= 0.3 is 11.9 Å². The number of carbonyl (C=O) groups excluding carboxylic acids is 2. The number of likely N-dealkylation sites (tertiary alicyclic amines) is 1. The second kappa shape index (κ2) is 7.48. The van der Waals surface area contributed by atoms with Gasteiger partial charge in [0.1, 0.15) is 0 Å². The second-order valence-corrected chi connectivity index (χ2v) is 4.92. The van der Waals surface area contributed by atoms with Crippen LogP contribution in [0.25, 0.3) is 0 Å². The SMILES string of the molecule is CCOC(=O)CC1(C(=O)OCC)CCN(CC)CC1. The van der Waals surface area contributed by atoms with E-state index in [4.69, 9.17) is 9.47 Å². The fourth-order valence-corrected chi connectivity index (χ4v) is 2.52. The summed E-state index contributed by atoms with van der Waals surface area (Å²) in [5.74, 6) is -0.556. The number of hydrogen-bond acceptors (Lipinski definition) is 5. The Labute approximate surface area is 115 Å². The third-order valence-corrected chi connectivity index (χ3v) is 3.76. The molecule has 19 heavy (non-hydrogen) atoms. The molecule has 0 amide bonds. The van der Waals surface area contributed by atoms with Gasteiger partial charge in [-0.25, -0.2) is 0 Å². The van der Waals surface area contributed by atoms with Crippen molar-refractivity contribution in [1.29, 1.82) is 0 Å². The molecular weight excluding hydrogens is 246 g/mol. The molecule has 0 unspecified atom stereocenters. The number of hydrogen-bond donors (Lipinski definition) is 0. The molecule has 0 radical (unpaired) electrons. The lowest BCUT2D eigenvalue weighted by atomic mass is 9.75. The molecule has 0 N–H and O–H groups in total. The van der Waals surface area contributed by atoms with E-state index < -0.39 is 5.41 Å². The van der Waals surface area contributed by atoms with Gasteiger partial charge in [-0.05, 0) is 46.3 Å². The highest BCUT2D eigenvalue weighted by atomic mass is 16.5. The monoisotopic (exact) mass is 271 g/mol. The molecule has 1 rings (SSSR count). The van der Waals surface area contributed by atoms with Gasteiger partial charge in [0.05, 0.1) is 25.0 Å². The highest BCUT2D eigenvalue weighted by Gasteiger charge is 2.44. The molecule has 1 aliphatic heterocycles. The van der Waals surface area contributed by atoms with E-state index in [9.17, 15) is 9.59 Å². The molecule has 5 nitrogen and oxygen atoms in total. The summed E-state index contributed by atoms with van der Waals surface area (Å²) in [5, 5.41) is 0. The number of carbonyl (C=O) groups is 2. The summed E-state index contributed by atoms with van der Waals surface area (Å²) in [5.41, 5.74) is -0.687. The minimum absolute atomic E-state index is 0.136. The van der Waals surface area contributed by atoms with Crippen LogP contribution in [0.4, 0.5) is 0 Å². The molecule has 1 saturated heterocycles. The molecule has 0 aromatic rings. The standard InChI is InChI=1S/C14H25NO4/c1-4-15-9-7-14(8-10-15,13(17)19-6-3)11-12(16)18-5-2/h4-11H2,1-3H3. The Morgan fingerprint density at radius 2 is 1.63 bits per heavy atom. The van der Waals surface area contributed by atoms with Crippen LogP contribution in [0.2, 0.25) is 0 Å². The van der Waals surface area contributed by atoms with Gasteiger partial charge in [-0.15, -0.1) is 0 Å². The van der Waals surface area contributed by atoms with Crippen LogP contribution >= 0.6 is 0 Å². The molecule has 0 spiro atoms. The first kappa shape index (κ1) is 16.0. The Kier molecular flexibility index (Phi) is 6.28. The fraction of sp³-hybridized carbons (Fsp3) is 0.857. The smallest absolute Gasteiger partial charge is 0.312 e. The van der Waals surface area contributed by atoms with Crippen LogP contribution in [-0.2, 0) is 19.1 Å². The lowest BCUT2D eigenvalue weighted by Gasteiger charge is -2.38. The van der Waals surface area contributed by atoms with Crippen molar-refractivity contribution in [2.75, 3.05) is 32.8 Å². The van der Waals surface area contributed by atoms with E-state index in [1.807, 2.05) is 0 Å². The molecule has 0 aliphatic carbocycles. The highest BCUT2D eigenvalue weighted by Crippen LogP contribution is 2.36. The average Bonchev–Trinajstić information content (AvgIpc) is 2.40. The fourth-order valence-electron chi connectivity index (χ4n) is 2.52. The highest BCUT2D eigenvalue weighted by molar-refractivity contribution is 5.83. The first-order chi connectivity index (χ1) is 9.07. The van der Waals surface area contributed by atoms with Crippen molar-refractivity contribution >= 4 is 11.9 Å². The first-order valence-corrected chi connectivity index (χ1v) is 7.13. The van der Waals surface area contributed by atoms with Crippen molar-refractivity contribution in [2.45, 2.75) is 40.0 Å². The van der Waals surface area contributed by atoms with Crippen molar-refractivity contribution in [3.8, 4) is 0 Å². The van der Waals surface area contributed by atoms with E-state index in [0.29, 0.717) is 26.1 Å². The van der Waals surface area contributed by atoms with Gasteiger partial charge in [-0.3, -0.25) is 9.59 Å². The summed E-state index contributed by atoms with van der Waals surface area (Å²) in [6, 6.07) is 0. The molecule has 1 aliphatic rings. The van der Waals surface area contributed by atoms with Crippen LogP contribution in [0.5, 0.6) is 0 Å². The van der Waals surface area contributed by atoms with Gasteiger partial charge in [-0.1, -0.05) is 6.92 Å². The molecule has 5 heteroatoms. The van der Waals surface area contributed by atoms with Crippen LogP contribution in [0.1, 0.15) is 40.0 Å². The number of rotatable bonds is 6. The van der Waals surface area contributed by atoms with Crippen LogP contribution in [-0.4, -0.2) is 49.7 Å². The van der Waals surface area contributed by atoms with Crippen LogP contribution in [0.3, 0.4) is 0 Å². The van der Waals surface area contributed by atoms with Gasteiger partial charge in [0, 0.05) is 0 Å². The van der Waals surface area contributed by atoms with Crippen LogP contribution in [0, 0.1) is 5.41 Å². The van der Waals surface area contributed by atoms with Crippen molar-refractivity contribution < 1.29 is 19.1 Å². The van der Waals surface area contributed by atoms with E-state index in [1.54, 1.807) is 13.8 Å². The minimum Gasteiger partial charge on any atom is -0.466 e. The Morgan fingerprint density at radius 1 is 1.05 bits per heavy atom. The van der Waals surface area contributed by atoms with Crippen molar-refractivity contribution in [1.82, 2.24) is 4.90 Å². The summed E-state index contributed by atoms with van der Waals surface area (Å²) in [6.07, 6.45) is 1.47. The zero-order chi connectivity index (χ0) is 14.3. The van der Waals surface area contributed by atoms with Gasteiger partial charge in [0.25, 0.3) is 0 Å². The number of piperidine rings is 1. The van der Waals surface area contributed by atoms with Gasteiger partial charge in [-0.2, -0.15) is 0 Å². The molecule has 0 aromatic heterocycles. The van der Waals surface area contributed by atoms with Gasteiger partial charge in [0.2, 0.25) is 0 Å². The third kappa shape index (κ3) is 4.20. The molecule has 0 atom stereocenters. The summed E-state index contributed by atoms with van der Waals surface area (Å²) in [7, 11) is 0. The van der Waals surface area contributed by atoms with E-state index in [-0.39, 0.29) is 18.4 Å². The van der Waals surface area contributed by atoms with Crippen molar-refractivity contribution in [3.05, 3.63) is 0 Å². The van der Waals surface area contributed by atoms with Crippen molar-refractivity contribution in [2.24, 2.45) is 5.41 Å². The van der Waals surface area contributed by atoms with Crippen LogP contribution in [0.15, 0.2) is 0 Å². The predicted molar refractivity (Wildman–Crippen MR) is 71.7 cm³/mol. The maximum Gasteiger partial charge on any atom is 0.312 e. The molecule has 0 aromatic carbocycles. The number of ether oxygens (including phenoxy) is 2. The summed E-state index contributed by atoms with van der Waals surface area (Å²) in [6.45, 7) is 8.98. The third-order valence-electron chi connectivity index (χ3n) is 3.76. The Bertz CT molecular complexity index is 309. The maximum absolute atomic E-state index is 12.2. The molecular formula is C14H25NO4. The topological polar surface area (TPSA) is 55.8 Å². The molecule has 1 heterocycles. The average molecular weight is 271 g/mol. The van der Waals surface area contributed by atoms with E-state index in [0.717, 1.165) is 19.6 Å². The molecule has 0 bridgehead atoms. The zero-order valence-electron chi connectivity index (χ0n) is 12.2. The number of nitrogens with zero attached hydrogens (tertiary/aromatic N) is 1. The second-order valence-electron chi connectivity index (χ2n) is 4.92. The van der Waals surface area contributed by atoms with Gasteiger partial charge < -0.3 is 14.4 Å². The lowest BCUT2D eigenvalue weighted by Crippen LogP contribution is -2.46. The van der Waals surface area contributed by atoms with Gasteiger partial charge in [0.15, 0.2) is 0 Å². The Hall–Kier alpha value is -1.10. The Balaban J connectivity index is 2.74. The molecule has 110 valence electrons. The predicted octanol–water partition coefficient (Wildman–Crippen LogP) is 1.60.